The van der Waals surface area contributed by atoms with Gasteiger partial charge in [-0.25, -0.2) is 4.39 Å². The molecular weight excluding hydrogens is 177 g/mol. The van der Waals surface area contributed by atoms with Crippen LogP contribution in [0.4, 0.5) is 4.39 Å². The smallest absolute Gasteiger partial charge is 0.129 e. The van der Waals surface area contributed by atoms with E-state index in [1.165, 1.54) is 6.07 Å². The Labute approximate surface area is 76.5 Å². The molecule has 1 N–H and O–H groups in total. The summed E-state index contributed by atoms with van der Waals surface area (Å²) in [5.74, 6) is -0.247. The molecule has 0 radical (unpaired) electrons. The molecule has 0 atom stereocenters. The van der Waals surface area contributed by atoms with E-state index in [1.807, 2.05) is 6.92 Å². The fraction of sp³-hybridized carbons (Fsp3) is 0.333. The minimum absolute atomic E-state index is 0.247. The Morgan fingerprint density at radius 2 is 2.25 bits per heavy atom. The molecule has 1 rings (SSSR count). The maximum Gasteiger partial charge on any atom is 0.129 e. The van der Waals surface area contributed by atoms with E-state index < -0.39 is 0 Å². The first-order valence-electron chi connectivity index (χ1n) is 3.88. The number of hydrogen-bond acceptors (Lipinski definition) is 1. The fourth-order valence-electron chi connectivity index (χ4n) is 0.925. The second-order valence-electron chi connectivity index (χ2n) is 2.52. The molecule has 0 aliphatic heterocycles. The van der Waals surface area contributed by atoms with Crippen LogP contribution in [0.1, 0.15) is 12.5 Å². The Kier molecular flexibility index (Phi) is 3.50. The molecule has 12 heavy (non-hydrogen) atoms. The maximum atomic E-state index is 13.0. The molecular formula is C9H11ClFN. The zero-order valence-corrected chi connectivity index (χ0v) is 7.66. The van der Waals surface area contributed by atoms with Gasteiger partial charge >= 0.3 is 0 Å². The molecule has 1 nitrogen and oxygen atoms in total. The van der Waals surface area contributed by atoms with Crippen molar-refractivity contribution < 1.29 is 4.39 Å². The molecule has 0 fully saturated rings. The molecule has 0 heterocycles. The number of benzene rings is 1. The van der Waals surface area contributed by atoms with Crippen LogP contribution in [0.15, 0.2) is 18.2 Å². The van der Waals surface area contributed by atoms with Crippen molar-refractivity contribution in [2.45, 2.75) is 13.5 Å². The highest BCUT2D eigenvalue weighted by Gasteiger charge is 2.00. The lowest BCUT2D eigenvalue weighted by Gasteiger charge is -2.03. The van der Waals surface area contributed by atoms with Gasteiger partial charge in [-0.2, -0.15) is 0 Å². The predicted molar refractivity (Wildman–Crippen MR) is 48.8 cm³/mol. The van der Waals surface area contributed by atoms with Gasteiger partial charge in [0.05, 0.1) is 0 Å². The standard InChI is InChI=1S/C9H11ClFN/c1-2-12-6-7-3-4-8(10)5-9(7)11/h3-5,12H,2,6H2,1H3. The van der Waals surface area contributed by atoms with Gasteiger partial charge in [0.2, 0.25) is 0 Å². The minimum atomic E-state index is -0.247. The summed E-state index contributed by atoms with van der Waals surface area (Å²) in [6.45, 7) is 3.37. The van der Waals surface area contributed by atoms with Gasteiger partial charge < -0.3 is 5.32 Å². The van der Waals surface area contributed by atoms with E-state index in [2.05, 4.69) is 5.32 Å². The Hall–Kier alpha value is -0.600. The molecule has 0 saturated carbocycles. The highest BCUT2D eigenvalue weighted by molar-refractivity contribution is 6.30. The summed E-state index contributed by atoms with van der Waals surface area (Å²) in [6.07, 6.45) is 0. The van der Waals surface area contributed by atoms with Crippen LogP contribution in [0.5, 0.6) is 0 Å². The average Bonchev–Trinajstić information content (AvgIpc) is 2.03. The molecule has 0 saturated heterocycles. The van der Waals surface area contributed by atoms with Gasteiger partial charge in [0.1, 0.15) is 5.82 Å². The number of hydrogen-bond donors (Lipinski definition) is 1. The highest BCUT2D eigenvalue weighted by atomic mass is 35.5. The van der Waals surface area contributed by atoms with Gasteiger partial charge in [-0.15, -0.1) is 0 Å². The number of nitrogens with one attached hydrogen (secondary N) is 1. The maximum absolute atomic E-state index is 13.0. The largest absolute Gasteiger partial charge is 0.313 e. The second-order valence-corrected chi connectivity index (χ2v) is 2.95. The summed E-state index contributed by atoms with van der Waals surface area (Å²) in [6, 6.07) is 4.71. The van der Waals surface area contributed by atoms with Crippen molar-refractivity contribution in [3.05, 3.63) is 34.6 Å². The van der Waals surface area contributed by atoms with Crippen LogP contribution >= 0.6 is 11.6 Å². The number of rotatable bonds is 3. The Morgan fingerprint density at radius 1 is 1.50 bits per heavy atom. The van der Waals surface area contributed by atoms with E-state index in [-0.39, 0.29) is 5.82 Å². The summed E-state index contributed by atoms with van der Waals surface area (Å²) in [5.41, 5.74) is 0.654. The Morgan fingerprint density at radius 3 is 2.83 bits per heavy atom. The van der Waals surface area contributed by atoms with Crippen LogP contribution in [0.2, 0.25) is 5.02 Å². The van der Waals surface area contributed by atoms with Crippen LogP contribution in [0, 0.1) is 5.82 Å². The quantitative estimate of drug-likeness (QED) is 0.767. The normalized spacial score (nSPS) is 10.2. The third-order valence-electron chi connectivity index (χ3n) is 1.58. The molecule has 0 amide bonds. The molecule has 0 bridgehead atoms. The third-order valence-corrected chi connectivity index (χ3v) is 1.82. The lowest BCUT2D eigenvalue weighted by atomic mass is 10.2. The lowest BCUT2D eigenvalue weighted by Crippen LogP contribution is -2.12. The van der Waals surface area contributed by atoms with E-state index in [9.17, 15) is 4.39 Å². The molecule has 66 valence electrons. The Bertz CT molecular complexity index is 263. The fourth-order valence-corrected chi connectivity index (χ4v) is 1.08. The summed E-state index contributed by atoms with van der Waals surface area (Å²) in [7, 11) is 0. The molecule has 3 heteroatoms. The van der Waals surface area contributed by atoms with Crippen LogP contribution in [0.3, 0.4) is 0 Å². The van der Waals surface area contributed by atoms with E-state index >= 15 is 0 Å². The Balaban J connectivity index is 2.72. The third kappa shape index (κ3) is 2.47. The predicted octanol–water partition coefficient (Wildman–Crippen LogP) is 2.59. The van der Waals surface area contributed by atoms with Crippen molar-refractivity contribution in [2.75, 3.05) is 6.54 Å². The molecule has 0 aromatic heterocycles. The minimum Gasteiger partial charge on any atom is -0.313 e. The van der Waals surface area contributed by atoms with E-state index in [1.54, 1.807) is 12.1 Å². The van der Waals surface area contributed by atoms with Crippen molar-refractivity contribution in [1.29, 1.82) is 0 Å². The second kappa shape index (κ2) is 4.43. The first-order valence-corrected chi connectivity index (χ1v) is 4.26. The van der Waals surface area contributed by atoms with E-state index in [0.29, 0.717) is 17.1 Å². The van der Waals surface area contributed by atoms with Crippen molar-refractivity contribution in [2.24, 2.45) is 0 Å². The summed E-state index contributed by atoms with van der Waals surface area (Å²) in [4.78, 5) is 0. The highest BCUT2D eigenvalue weighted by Crippen LogP contribution is 2.13. The van der Waals surface area contributed by atoms with Crippen LogP contribution in [-0.2, 0) is 6.54 Å². The molecule has 1 aromatic rings. The molecule has 0 aliphatic carbocycles. The lowest BCUT2D eigenvalue weighted by molar-refractivity contribution is 0.593. The molecule has 0 spiro atoms. The van der Waals surface area contributed by atoms with Gasteiger partial charge in [-0.05, 0) is 18.7 Å². The van der Waals surface area contributed by atoms with E-state index in [0.717, 1.165) is 6.54 Å². The van der Waals surface area contributed by atoms with Gasteiger partial charge in [-0.3, -0.25) is 0 Å². The van der Waals surface area contributed by atoms with Gasteiger partial charge in [0.15, 0.2) is 0 Å². The van der Waals surface area contributed by atoms with Crippen molar-refractivity contribution in [1.82, 2.24) is 5.32 Å². The van der Waals surface area contributed by atoms with Gasteiger partial charge in [-0.1, -0.05) is 24.6 Å². The summed E-state index contributed by atoms with van der Waals surface area (Å²) < 4.78 is 13.0. The van der Waals surface area contributed by atoms with Crippen LogP contribution in [-0.4, -0.2) is 6.54 Å². The van der Waals surface area contributed by atoms with E-state index in [4.69, 9.17) is 11.6 Å². The number of halogens is 2. The van der Waals surface area contributed by atoms with Crippen LogP contribution < -0.4 is 5.32 Å². The molecule has 0 unspecified atom stereocenters. The summed E-state index contributed by atoms with van der Waals surface area (Å²) >= 11 is 5.59. The summed E-state index contributed by atoms with van der Waals surface area (Å²) in [5, 5.41) is 3.48. The SMILES string of the molecule is CCNCc1ccc(Cl)cc1F. The first-order chi connectivity index (χ1) is 5.74. The van der Waals surface area contributed by atoms with Crippen molar-refractivity contribution in [3.8, 4) is 0 Å². The zero-order valence-electron chi connectivity index (χ0n) is 6.90. The van der Waals surface area contributed by atoms with Gasteiger partial charge in [0.25, 0.3) is 0 Å². The van der Waals surface area contributed by atoms with Crippen molar-refractivity contribution >= 4 is 11.6 Å². The monoisotopic (exact) mass is 187 g/mol. The zero-order chi connectivity index (χ0) is 8.97. The topological polar surface area (TPSA) is 12.0 Å². The molecule has 0 aliphatic rings. The average molecular weight is 188 g/mol. The van der Waals surface area contributed by atoms with Gasteiger partial charge in [0, 0.05) is 17.1 Å². The molecule has 1 aromatic carbocycles. The van der Waals surface area contributed by atoms with Crippen molar-refractivity contribution in [3.63, 3.8) is 0 Å². The first kappa shape index (κ1) is 9.49. The van der Waals surface area contributed by atoms with Crippen LogP contribution in [0.25, 0.3) is 0 Å².